The van der Waals surface area contributed by atoms with Crippen LogP contribution < -0.4 is 15.4 Å². The number of aromatic nitrogens is 3. The molecule has 1 aliphatic heterocycles. The molecule has 0 bridgehead atoms. The molecule has 2 aliphatic rings. The lowest BCUT2D eigenvalue weighted by Gasteiger charge is -2.28. The number of fused-ring (bicyclic) bond motifs is 1. The van der Waals surface area contributed by atoms with Crippen molar-refractivity contribution in [2.24, 2.45) is 0 Å². The van der Waals surface area contributed by atoms with Crippen LogP contribution in [0.3, 0.4) is 0 Å². The van der Waals surface area contributed by atoms with Gasteiger partial charge in [-0.1, -0.05) is 23.7 Å². The normalized spacial score (nSPS) is 16.5. The van der Waals surface area contributed by atoms with Gasteiger partial charge in [0, 0.05) is 30.8 Å². The molecule has 1 atom stereocenters. The van der Waals surface area contributed by atoms with Gasteiger partial charge in [0.25, 0.3) is 11.8 Å². The van der Waals surface area contributed by atoms with Crippen molar-refractivity contribution >= 4 is 52.3 Å². The highest BCUT2D eigenvalue weighted by atomic mass is 35.5. The van der Waals surface area contributed by atoms with Gasteiger partial charge in [0.1, 0.15) is 22.5 Å². The molecule has 41 heavy (non-hydrogen) atoms. The summed E-state index contributed by atoms with van der Waals surface area (Å²) in [4.78, 5) is 55.4. The van der Waals surface area contributed by atoms with Crippen LogP contribution in [0.1, 0.15) is 55.1 Å². The van der Waals surface area contributed by atoms with E-state index >= 15 is 0 Å². The quantitative estimate of drug-likeness (QED) is 0.299. The van der Waals surface area contributed by atoms with Crippen molar-refractivity contribution in [2.45, 2.75) is 37.8 Å². The third-order valence-electron chi connectivity index (χ3n) is 6.92. The summed E-state index contributed by atoms with van der Waals surface area (Å²) in [5.74, 6) is 0.534. The van der Waals surface area contributed by atoms with Gasteiger partial charge in [0.2, 0.25) is 5.91 Å². The number of anilines is 2. The number of nitrogens with zero attached hydrogens (tertiary/aromatic N) is 4. The molecule has 1 saturated carbocycles. The van der Waals surface area contributed by atoms with E-state index in [0.717, 1.165) is 17.8 Å². The summed E-state index contributed by atoms with van der Waals surface area (Å²) in [7, 11) is 1.53. The number of benzene rings is 1. The molecular weight excluding hydrogens is 564 g/mol. The Morgan fingerprint density at radius 3 is 2.71 bits per heavy atom. The summed E-state index contributed by atoms with van der Waals surface area (Å²) in [6.07, 6.45) is 5.45. The molecule has 0 saturated heterocycles. The van der Waals surface area contributed by atoms with Crippen molar-refractivity contribution in [1.82, 2.24) is 19.9 Å². The summed E-state index contributed by atoms with van der Waals surface area (Å²) in [5.41, 5.74) is 1.59. The first-order valence-corrected chi connectivity index (χ1v) is 14.2. The molecule has 1 fully saturated rings. The minimum absolute atomic E-state index is 0.0987. The second kappa shape index (κ2) is 11.3. The summed E-state index contributed by atoms with van der Waals surface area (Å²) >= 11 is 7.88. The van der Waals surface area contributed by atoms with Gasteiger partial charge in [-0.3, -0.25) is 19.4 Å². The second-order valence-corrected chi connectivity index (χ2v) is 11.3. The average Bonchev–Trinajstić information content (AvgIpc) is 3.76. The number of rotatable bonds is 8. The lowest BCUT2D eigenvalue weighted by atomic mass is 10.1. The van der Waals surface area contributed by atoms with Crippen LogP contribution in [0.2, 0.25) is 5.02 Å². The molecule has 4 heterocycles. The molecule has 3 amide bonds. The molecular formula is C29H25ClN6O4S. The minimum atomic E-state index is -0.828. The van der Waals surface area contributed by atoms with Crippen LogP contribution in [0, 0.1) is 0 Å². The van der Waals surface area contributed by atoms with Gasteiger partial charge in [-0.05, 0) is 54.8 Å². The predicted octanol–water partition coefficient (Wildman–Crippen LogP) is 4.93. The highest BCUT2D eigenvalue weighted by Crippen LogP contribution is 2.44. The Kier molecular flexibility index (Phi) is 7.38. The van der Waals surface area contributed by atoms with Crippen molar-refractivity contribution < 1.29 is 19.1 Å². The number of nitrogens with one attached hydrogen (secondary N) is 2. The van der Waals surface area contributed by atoms with E-state index in [0.29, 0.717) is 39.4 Å². The average molecular weight is 589 g/mol. The van der Waals surface area contributed by atoms with Gasteiger partial charge < -0.3 is 20.3 Å². The Morgan fingerprint density at radius 2 is 2.02 bits per heavy atom. The number of carbonyl (C=O) groups is 3. The Hall–Kier alpha value is -4.35. The Morgan fingerprint density at radius 1 is 1.17 bits per heavy atom. The molecule has 208 valence electrons. The fraction of sp³-hybridized carbons (Fsp3) is 0.241. The van der Waals surface area contributed by atoms with Crippen molar-refractivity contribution in [3.8, 4) is 5.75 Å². The van der Waals surface area contributed by atoms with Crippen molar-refractivity contribution in [2.75, 3.05) is 17.7 Å². The van der Waals surface area contributed by atoms with Gasteiger partial charge >= 0.3 is 0 Å². The zero-order valence-electron chi connectivity index (χ0n) is 22.0. The maximum Gasteiger partial charge on any atom is 0.268 e. The van der Waals surface area contributed by atoms with Gasteiger partial charge in [-0.25, -0.2) is 9.97 Å². The predicted molar refractivity (Wildman–Crippen MR) is 155 cm³/mol. The Labute approximate surface area is 244 Å². The Balaban J connectivity index is 1.27. The van der Waals surface area contributed by atoms with E-state index < -0.39 is 11.9 Å². The first-order valence-electron chi connectivity index (χ1n) is 13.0. The molecule has 1 aliphatic carbocycles. The molecule has 12 heteroatoms. The number of pyridine rings is 2. The van der Waals surface area contributed by atoms with Crippen LogP contribution in [-0.2, 0) is 17.8 Å². The number of amides is 3. The van der Waals surface area contributed by atoms with Gasteiger partial charge in [-0.2, -0.15) is 0 Å². The maximum absolute atomic E-state index is 13.9. The van der Waals surface area contributed by atoms with Crippen LogP contribution in [0.15, 0.2) is 60.9 Å². The number of hydrogen-bond donors (Lipinski definition) is 2. The Bertz CT molecular complexity index is 1620. The van der Waals surface area contributed by atoms with Crippen LogP contribution in [0.4, 0.5) is 11.6 Å². The van der Waals surface area contributed by atoms with E-state index in [4.69, 9.17) is 16.3 Å². The lowest BCUT2D eigenvalue weighted by molar-refractivity contribution is -0.120. The third-order valence-corrected chi connectivity index (χ3v) is 8.44. The molecule has 0 radical (unpaired) electrons. The molecule has 6 rings (SSSR count). The van der Waals surface area contributed by atoms with E-state index in [2.05, 4.69) is 25.6 Å². The molecule has 2 N–H and O–H groups in total. The second-order valence-electron chi connectivity index (χ2n) is 9.82. The van der Waals surface area contributed by atoms with Crippen LogP contribution >= 0.6 is 22.9 Å². The van der Waals surface area contributed by atoms with Crippen molar-refractivity contribution in [3.63, 3.8) is 0 Å². The standard InChI is InChI=1S/C29H25ClN6O4S/c1-40-19-8-10-23(32-14-19)33-26(37)20-9-5-16(12-21(20)30)15-36-22(13-18-4-2-3-11-31-18)27(38)34-25-24(29(36)39)41-28(35-25)17-6-7-17/h2-5,8-12,14,17,22H,6-7,13,15H2,1H3,(H,34,38)(H,32,33,37). The zero-order chi connectivity index (χ0) is 28.5. The topological polar surface area (TPSA) is 126 Å². The highest BCUT2D eigenvalue weighted by molar-refractivity contribution is 7.14. The molecule has 1 aromatic carbocycles. The number of halogens is 1. The van der Waals surface area contributed by atoms with E-state index in [1.807, 2.05) is 12.1 Å². The maximum atomic E-state index is 13.9. The number of thiazole rings is 1. The fourth-order valence-corrected chi connectivity index (χ4v) is 6.02. The number of methoxy groups -OCH3 is 1. The van der Waals surface area contributed by atoms with Crippen LogP contribution in [-0.4, -0.2) is 50.7 Å². The smallest absolute Gasteiger partial charge is 0.268 e. The van der Waals surface area contributed by atoms with Crippen LogP contribution in [0.25, 0.3) is 0 Å². The summed E-state index contributed by atoms with van der Waals surface area (Å²) in [6.45, 7) is 0.0987. The fourth-order valence-electron chi connectivity index (χ4n) is 4.58. The van der Waals surface area contributed by atoms with Gasteiger partial charge in [0.15, 0.2) is 5.82 Å². The third kappa shape index (κ3) is 5.77. The van der Waals surface area contributed by atoms with E-state index in [1.54, 1.807) is 42.6 Å². The highest BCUT2D eigenvalue weighted by Gasteiger charge is 2.39. The SMILES string of the molecule is COc1ccc(NC(=O)c2ccc(CN3C(=O)c4sc(C5CC5)nc4NC(=O)C3Cc3ccccn3)cc2Cl)nc1. The van der Waals surface area contributed by atoms with Crippen LogP contribution in [0.5, 0.6) is 5.75 Å². The minimum Gasteiger partial charge on any atom is -0.495 e. The van der Waals surface area contributed by atoms with Gasteiger partial charge in [-0.15, -0.1) is 11.3 Å². The molecule has 1 unspecified atom stereocenters. The first-order chi connectivity index (χ1) is 19.9. The summed E-state index contributed by atoms with van der Waals surface area (Å²) < 4.78 is 5.09. The number of ether oxygens (including phenoxy) is 1. The zero-order valence-corrected chi connectivity index (χ0v) is 23.5. The lowest BCUT2D eigenvalue weighted by Crippen LogP contribution is -2.46. The monoisotopic (exact) mass is 588 g/mol. The summed E-state index contributed by atoms with van der Waals surface area (Å²) in [6, 6.07) is 12.9. The first kappa shape index (κ1) is 26.9. The van der Waals surface area contributed by atoms with Crippen molar-refractivity contribution in [3.05, 3.63) is 92.7 Å². The largest absolute Gasteiger partial charge is 0.495 e. The molecule has 4 aromatic rings. The van der Waals surface area contributed by atoms with E-state index in [1.165, 1.54) is 29.5 Å². The molecule has 0 spiro atoms. The van der Waals surface area contributed by atoms with Crippen molar-refractivity contribution in [1.29, 1.82) is 0 Å². The summed E-state index contributed by atoms with van der Waals surface area (Å²) in [5, 5.41) is 6.68. The van der Waals surface area contributed by atoms with Gasteiger partial charge in [0.05, 0.1) is 28.9 Å². The van der Waals surface area contributed by atoms with E-state index in [-0.39, 0.29) is 35.4 Å². The number of carbonyl (C=O) groups excluding carboxylic acids is 3. The van der Waals surface area contributed by atoms with E-state index in [9.17, 15) is 14.4 Å². The molecule has 3 aromatic heterocycles. The molecule has 10 nitrogen and oxygen atoms in total. The number of hydrogen-bond acceptors (Lipinski definition) is 8.